The molecule has 0 bridgehead atoms. The average Bonchev–Trinajstić information content (AvgIpc) is 2.84. The highest BCUT2D eigenvalue weighted by Gasteiger charge is 2.20. The van der Waals surface area contributed by atoms with Gasteiger partial charge in [0.15, 0.2) is 0 Å². The lowest BCUT2D eigenvalue weighted by Gasteiger charge is -2.06. The first-order valence-electron chi connectivity index (χ1n) is 6.83. The Bertz CT molecular complexity index is 702. The van der Waals surface area contributed by atoms with E-state index in [1.165, 1.54) is 4.88 Å². The molecule has 0 fully saturated rings. The summed E-state index contributed by atoms with van der Waals surface area (Å²) in [5.41, 5.74) is 2.86. The maximum absolute atomic E-state index is 11.8. The molecule has 1 N–H and O–H groups in total. The molecule has 0 radical (unpaired) electrons. The Labute approximate surface area is 127 Å². The van der Waals surface area contributed by atoms with Crippen molar-refractivity contribution in [2.75, 3.05) is 19.0 Å². The standard InChI is InChI=1S/C16H16N2O2S/c1-3-12-8-13-15(10-4-6-11(20-2)7-5-10)17-9-14(19)18-16(13)21-12/h4-8H,3,9H2,1-2H3,(H,18,19). The normalized spacial score (nSPS) is 14.0. The number of amides is 1. The van der Waals surface area contributed by atoms with E-state index in [1.807, 2.05) is 24.3 Å². The smallest absolute Gasteiger partial charge is 0.246 e. The van der Waals surface area contributed by atoms with Crippen molar-refractivity contribution in [3.63, 3.8) is 0 Å². The Kier molecular flexibility index (Phi) is 3.75. The number of benzene rings is 1. The average molecular weight is 300 g/mol. The Hall–Kier alpha value is -2.14. The molecule has 1 aromatic carbocycles. The first-order valence-corrected chi connectivity index (χ1v) is 7.64. The van der Waals surface area contributed by atoms with E-state index in [0.29, 0.717) is 0 Å². The topological polar surface area (TPSA) is 50.7 Å². The summed E-state index contributed by atoms with van der Waals surface area (Å²) in [5, 5.41) is 3.83. The van der Waals surface area contributed by atoms with E-state index in [9.17, 15) is 4.79 Å². The molecule has 0 unspecified atom stereocenters. The summed E-state index contributed by atoms with van der Waals surface area (Å²) < 4.78 is 5.18. The lowest BCUT2D eigenvalue weighted by molar-refractivity contribution is -0.114. The highest BCUT2D eigenvalue weighted by atomic mass is 32.1. The van der Waals surface area contributed by atoms with Crippen molar-refractivity contribution in [3.05, 3.63) is 46.3 Å². The van der Waals surface area contributed by atoms with Gasteiger partial charge in [0.1, 0.15) is 17.3 Å². The summed E-state index contributed by atoms with van der Waals surface area (Å²) in [6.45, 7) is 2.27. The summed E-state index contributed by atoms with van der Waals surface area (Å²) in [6.07, 6.45) is 0.948. The first-order chi connectivity index (χ1) is 10.2. The number of rotatable bonds is 3. The highest BCUT2D eigenvalue weighted by Crippen LogP contribution is 2.32. The van der Waals surface area contributed by atoms with E-state index >= 15 is 0 Å². The number of thiophene rings is 1. The van der Waals surface area contributed by atoms with Gasteiger partial charge in [0.2, 0.25) is 5.91 Å². The number of carbonyl (C=O) groups is 1. The van der Waals surface area contributed by atoms with Crippen LogP contribution in [-0.2, 0) is 11.2 Å². The van der Waals surface area contributed by atoms with Gasteiger partial charge in [-0.1, -0.05) is 6.92 Å². The number of methoxy groups -OCH3 is 1. The van der Waals surface area contributed by atoms with Crippen LogP contribution in [0, 0.1) is 0 Å². The molecule has 21 heavy (non-hydrogen) atoms. The lowest BCUT2D eigenvalue weighted by Crippen LogP contribution is -2.12. The third-order valence-electron chi connectivity index (χ3n) is 3.38. The number of aryl methyl sites for hydroxylation is 1. The number of nitrogens with one attached hydrogen (secondary N) is 1. The molecule has 0 saturated heterocycles. The Morgan fingerprint density at radius 1 is 1.33 bits per heavy atom. The molecule has 0 aliphatic carbocycles. The summed E-state index contributed by atoms with van der Waals surface area (Å²) in [4.78, 5) is 17.5. The molecule has 3 rings (SSSR count). The summed E-state index contributed by atoms with van der Waals surface area (Å²) in [6, 6.07) is 9.88. The molecule has 2 aromatic rings. The fourth-order valence-corrected chi connectivity index (χ4v) is 3.30. The van der Waals surface area contributed by atoms with Crippen LogP contribution in [0.3, 0.4) is 0 Å². The SMILES string of the molecule is CCc1cc2c(s1)NC(=O)CN=C2c1ccc(OC)cc1. The molecule has 0 atom stereocenters. The molecule has 0 saturated carbocycles. The summed E-state index contributed by atoms with van der Waals surface area (Å²) in [5.74, 6) is 0.742. The third-order valence-corrected chi connectivity index (χ3v) is 4.58. The number of anilines is 1. The van der Waals surface area contributed by atoms with E-state index in [-0.39, 0.29) is 12.5 Å². The Balaban J connectivity index is 2.07. The van der Waals surface area contributed by atoms with Crippen LogP contribution in [0.4, 0.5) is 5.00 Å². The minimum atomic E-state index is -0.0655. The van der Waals surface area contributed by atoms with Crippen LogP contribution < -0.4 is 10.1 Å². The predicted molar refractivity (Wildman–Crippen MR) is 85.8 cm³/mol. The van der Waals surface area contributed by atoms with Crippen LogP contribution in [0.1, 0.15) is 22.9 Å². The number of hydrogen-bond acceptors (Lipinski definition) is 4. The molecule has 1 aliphatic heterocycles. The number of hydrogen-bond donors (Lipinski definition) is 1. The van der Waals surface area contributed by atoms with E-state index < -0.39 is 0 Å². The van der Waals surface area contributed by atoms with Crippen molar-refractivity contribution in [2.24, 2.45) is 4.99 Å². The summed E-state index contributed by atoms with van der Waals surface area (Å²) in [7, 11) is 1.64. The molecule has 0 spiro atoms. The molecule has 1 aliphatic rings. The van der Waals surface area contributed by atoms with Crippen LogP contribution >= 0.6 is 11.3 Å². The van der Waals surface area contributed by atoms with Crippen LogP contribution in [0.5, 0.6) is 5.75 Å². The van der Waals surface area contributed by atoms with E-state index in [0.717, 1.165) is 34.0 Å². The summed E-state index contributed by atoms with van der Waals surface area (Å²) >= 11 is 1.62. The largest absolute Gasteiger partial charge is 0.497 e. The van der Waals surface area contributed by atoms with Crippen LogP contribution in [0.25, 0.3) is 0 Å². The zero-order valence-electron chi connectivity index (χ0n) is 12.0. The van der Waals surface area contributed by atoms with Gasteiger partial charge in [0.05, 0.1) is 12.8 Å². The zero-order chi connectivity index (χ0) is 14.8. The van der Waals surface area contributed by atoms with Crippen molar-refractivity contribution in [2.45, 2.75) is 13.3 Å². The van der Waals surface area contributed by atoms with Crippen molar-refractivity contribution in [1.29, 1.82) is 0 Å². The molecule has 108 valence electrons. The van der Waals surface area contributed by atoms with Crippen molar-refractivity contribution in [3.8, 4) is 5.75 Å². The first kappa shape index (κ1) is 13.8. The molecule has 4 nitrogen and oxygen atoms in total. The van der Waals surface area contributed by atoms with Gasteiger partial charge < -0.3 is 10.1 Å². The maximum atomic E-state index is 11.8. The molecule has 5 heteroatoms. The van der Waals surface area contributed by atoms with Gasteiger partial charge in [0.25, 0.3) is 0 Å². The second-order valence-corrected chi connectivity index (χ2v) is 5.89. The minimum absolute atomic E-state index is 0.0655. The van der Waals surface area contributed by atoms with E-state index in [1.54, 1.807) is 18.4 Å². The van der Waals surface area contributed by atoms with Gasteiger partial charge in [0, 0.05) is 16.0 Å². The quantitative estimate of drug-likeness (QED) is 0.947. The van der Waals surface area contributed by atoms with E-state index in [4.69, 9.17) is 4.74 Å². The number of carbonyl (C=O) groups excluding carboxylic acids is 1. The molecule has 2 heterocycles. The zero-order valence-corrected chi connectivity index (χ0v) is 12.8. The van der Waals surface area contributed by atoms with Crippen LogP contribution in [0.2, 0.25) is 0 Å². The molecular weight excluding hydrogens is 284 g/mol. The molecule has 1 amide bonds. The Morgan fingerprint density at radius 2 is 2.10 bits per heavy atom. The van der Waals surface area contributed by atoms with Crippen molar-refractivity contribution in [1.82, 2.24) is 0 Å². The maximum Gasteiger partial charge on any atom is 0.246 e. The van der Waals surface area contributed by atoms with Gasteiger partial charge in [-0.2, -0.15) is 0 Å². The van der Waals surface area contributed by atoms with Gasteiger partial charge in [-0.15, -0.1) is 11.3 Å². The third kappa shape index (κ3) is 2.69. The van der Waals surface area contributed by atoms with Gasteiger partial charge in [-0.3, -0.25) is 9.79 Å². The minimum Gasteiger partial charge on any atom is -0.497 e. The van der Waals surface area contributed by atoms with Crippen LogP contribution in [-0.4, -0.2) is 25.3 Å². The lowest BCUT2D eigenvalue weighted by atomic mass is 10.0. The fourth-order valence-electron chi connectivity index (χ4n) is 2.28. The monoisotopic (exact) mass is 300 g/mol. The van der Waals surface area contributed by atoms with Crippen molar-refractivity contribution < 1.29 is 9.53 Å². The molecule has 1 aromatic heterocycles. The van der Waals surface area contributed by atoms with Gasteiger partial charge in [-0.25, -0.2) is 0 Å². The highest BCUT2D eigenvalue weighted by molar-refractivity contribution is 7.16. The predicted octanol–water partition coefficient (Wildman–Crippen LogP) is 3.11. The van der Waals surface area contributed by atoms with Crippen LogP contribution in [0.15, 0.2) is 35.3 Å². The number of aliphatic imine (C=N–C) groups is 1. The number of nitrogens with zero attached hydrogens (tertiary/aromatic N) is 1. The van der Waals surface area contributed by atoms with Crippen molar-refractivity contribution >= 4 is 28.0 Å². The number of fused-ring (bicyclic) bond motifs is 1. The van der Waals surface area contributed by atoms with Gasteiger partial charge in [-0.05, 0) is 36.8 Å². The van der Waals surface area contributed by atoms with E-state index in [2.05, 4.69) is 23.3 Å². The van der Waals surface area contributed by atoms with Gasteiger partial charge >= 0.3 is 0 Å². The molecular formula is C16H16N2O2S. The second-order valence-electron chi connectivity index (χ2n) is 4.75. The second kappa shape index (κ2) is 5.69. The number of ether oxygens (including phenoxy) is 1. The Morgan fingerprint density at radius 3 is 2.76 bits per heavy atom. The fraction of sp³-hybridized carbons (Fsp3) is 0.250.